The highest BCUT2D eigenvalue weighted by Crippen LogP contribution is 2.26. The van der Waals surface area contributed by atoms with E-state index in [0.29, 0.717) is 6.61 Å². The zero-order chi connectivity index (χ0) is 7.56. The van der Waals surface area contributed by atoms with Crippen LogP contribution in [0.15, 0.2) is 0 Å². The molecule has 0 bridgehead atoms. The maximum absolute atomic E-state index is 10.4. The van der Waals surface area contributed by atoms with E-state index in [4.69, 9.17) is 9.29 Å². The predicted octanol–water partition coefficient (Wildman–Crippen LogP) is 0.776. The molecule has 0 spiro atoms. The lowest BCUT2D eigenvalue weighted by atomic mass is 9.95. The average molecular weight is 164 g/mol. The minimum absolute atomic E-state index is 0.0310. The summed E-state index contributed by atoms with van der Waals surface area (Å²) in [5.74, 6) is 0. The summed E-state index contributed by atoms with van der Waals surface area (Å²) < 4.78 is 24.2. The van der Waals surface area contributed by atoms with Gasteiger partial charge in [-0.1, -0.05) is 0 Å². The first kappa shape index (κ1) is 8.17. The molecule has 0 heterocycles. The van der Waals surface area contributed by atoms with Gasteiger partial charge in [0, 0.05) is 6.61 Å². The van der Waals surface area contributed by atoms with Gasteiger partial charge in [-0.3, -0.25) is 0 Å². The van der Waals surface area contributed by atoms with Gasteiger partial charge in [-0.15, -0.1) is 0 Å². The van der Waals surface area contributed by atoms with Crippen LogP contribution in [0.1, 0.15) is 19.8 Å². The van der Waals surface area contributed by atoms with Crippen LogP contribution >= 0.6 is 0 Å². The van der Waals surface area contributed by atoms with Crippen LogP contribution in [0.3, 0.4) is 0 Å². The summed E-state index contributed by atoms with van der Waals surface area (Å²) in [5.41, 5.74) is 0. The summed E-state index contributed by atoms with van der Waals surface area (Å²) >= 11 is -1.63. The smallest absolute Gasteiger partial charge is 0.156 e. The Bertz CT molecular complexity index is 131. The maximum atomic E-state index is 10.4. The summed E-state index contributed by atoms with van der Waals surface area (Å²) in [6.45, 7) is 2.64. The van der Waals surface area contributed by atoms with Crippen LogP contribution in [0.4, 0.5) is 0 Å². The number of hydrogen-bond acceptors (Lipinski definition) is 2. The molecule has 1 atom stereocenters. The minimum Gasteiger partial charge on any atom is -0.378 e. The van der Waals surface area contributed by atoms with Gasteiger partial charge in [0.2, 0.25) is 0 Å². The highest BCUT2D eigenvalue weighted by molar-refractivity contribution is 7.79. The molecule has 1 saturated carbocycles. The van der Waals surface area contributed by atoms with E-state index in [-0.39, 0.29) is 11.4 Å². The first-order valence-electron chi connectivity index (χ1n) is 3.45. The minimum atomic E-state index is -1.63. The molecule has 1 N–H and O–H groups in total. The molecule has 1 rings (SSSR count). The van der Waals surface area contributed by atoms with Crippen molar-refractivity contribution in [2.24, 2.45) is 0 Å². The van der Waals surface area contributed by atoms with E-state index in [2.05, 4.69) is 0 Å². The third kappa shape index (κ3) is 1.78. The molecule has 0 saturated heterocycles. The van der Waals surface area contributed by atoms with Crippen LogP contribution in [0.2, 0.25) is 0 Å². The van der Waals surface area contributed by atoms with Gasteiger partial charge in [-0.25, -0.2) is 4.21 Å². The molecule has 1 aliphatic carbocycles. The van der Waals surface area contributed by atoms with Gasteiger partial charge in [0.05, 0.1) is 11.4 Å². The van der Waals surface area contributed by atoms with E-state index in [1.54, 1.807) is 0 Å². The summed E-state index contributed by atoms with van der Waals surface area (Å²) in [7, 11) is 0. The fourth-order valence-electron chi connectivity index (χ4n) is 1.05. The second-order valence-electron chi connectivity index (χ2n) is 2.45. The largest absolute Gasteiger partial charge is 0.378 e. The molecule has 60 valence electrons. The molecule has 0 aromatic heterocycles. The fourth-order valence-corrected chi connectivity index (χ4v) is 1.81. The third-order valence-corrected chi connectivity index (χ3v) is 2.69. The molecule has 0 aromatic carbocycles. The average Bonchev–Trinajstić information content (AvgIpc) is 1.76. The van der Waals surface area contributed by atoms with Crippen molar-refractivity contribution in [2.45, 2.75) is 31.1 Å². The van der Waals surface area contributed by atoms with Crippen LogP contribution in [0.25, 0.3) is 0 Å². The molecular formula is C6H12O3S. The van der Waals surface area contributed by atoms with Gasteiger partial charge in [-0.2, -0.15) is 0 Å². The SMILES string of the molecule is CCOC1CC(S(=O)O)C1. The second-order valence-corrected chi connectivity index (χ2v) is 3.67. The Morgan fingerprint density at radius 3 is 2.70 bits per heavy atom. The number of ether oxygens (including phenoxy) is 1. The fraction of sp³-hybridized carbons (Fsp3) is 1.00. The van der Waals surface area contributed by atoms with Crippen LogP contribution in [0.5, 0.6) is 0 Å². The standard InChI is InChI=1S/C6H12O3S/c1-2-9-5-3-6(4-5)10(7)8/h5-6H,2-4H2,1H3,(H,7,8). The lowest BCUT2D eigenvalue weighted by Crippen LogP contribution is -2.38. The van der Waals surface area contributed by atoms with Crippen LogP contribution in [0, 0.1) is 0 Å². The maximum Gasteiger partial charge on any atom is 0.156 e. The van der Waals surface area contributed by atoms with Crippen molar-refractivity contribution in [3.8, 4) is 0 Å². The van der Waals surface area contributed by atoms with Gasteiger partial charge in [0.25, 0.3) is 0 Å². The summed E-state index contributed by atoms with van der Waals surface area (Å²) in [5, 5.41) is -0.0310. The Hall–Kier alpha value is 0.0700. The highest BCUT2D eigenvalue weighted by atomic mass is 32.2. The first-order chi connectivity index (χ1) is 4.74. The summed E-state index contributed by atoms with van der Waals surface area (Å²) in [6, 6.07) is 0. The zero-order valence-corrected chi connectivity index (χ0v) is 6.76. The lowest BCUT2D eigenvalue weighted by molar-refractivity contribution is 0.0120. The molecule has 4 heteroatoms. The monoisotopic (exact) mass is 164 g/mol. The van der Waals surface area contributed by atoms with Crippen molar-refractivity contribution in [2.75, 3.05) is 6.61 Å². The van der Waals surface area contributed by atoms with Gasteiger partial charge in [0.15, 0.2) is 11.1 Å². The normalized spacial score (nSPS) is 35.0. The van der Waals surface area contributed by atoms with Crippen molar-refractivity contribution >= 4 is 11.1 Å². The summed E-state index contributed by atoms with van der Waals surface area (Å²) in [4.78, 5) is 0. The summed E-state index contributed by atoms with van der Waals surface area (Å²) in [6.07, 6.45) is 1.74. The molecule has 0 amide bonds. The topological polar surface area (TPSA) is 46.5 Å². The molecule has 0 radical (unpaired) electrons. The van der Waals surface area contributed by atoms with E-state index in [0.717, 1.165) is 12.8 Å². The van der Waals surface area contributed by atoms with E-state index in [1.807, 2.05) is 6.92 Å². The van der Waals surface area contributed by atoms with Gasteiger partial charge in [-0.05, 0) is 19.8 Å². The Kier molecular flexibility index (Phi) is 2.82. The zero-order valence-electron chi connectivity index (χ0n) is 5.95. The molecular weight excluding hydrogens is 152 g/mol. The van der Waals surface area contributed by atoms with Crippen LogP contribution < -0.4 is 0 Å². The van der Waals surface area contributed by atoms with E-state index < -0.39 is 11.1 Å². The number of rotatable bonds is 3. The Morgan fingerprint density at radius 1 is 1.70 bits per heavy atom. The van der Waals surface area contributed by atoms with Gasteiger partial charge >= 0.3 is 0 Å². The molecule has 3 nitrogen and oxygen atoms in total. The van der Waals surface area contributed by atoms with Crippen molar-refractivity contribution in [3.05, 3.63) is 0 Å². The molecule has 0 aromatic rings. The predicted molar refractivity (Wildman–Crippen MR) is 39.2 cm³/mol. The molecule has 1 fully saturated rings. The second kappa shape index (κ2) is 3.46. The van der Waals surface area contributed by atoms with Gasteiger partial charge in [0.1, 0.15) is 0 Å². The quantitative estimate of drug-likeness (QED) is 0.627. The van der Waals surface area contributed by atoms with Gasteiger partial charge < -0.3 is 9.29 Å². The van der Waals surface area contributed by atoms with Crippen molar-refractivity contribution in [1.29, 1.82) is 0 Å². The molecule has 1 unspecified atom stereocenters. The van der Waals surface area contributed by atoms with E-state index >= 15 is 0 Å². The van der Waals surface area contributed by atoms with E-state index in [9.17, 15) is 4.21 Å². The van der Waals surface area contributed by atoms with Crippen molar-refractivity contribution in [1.82, 2.24) is 0 Å². The molecule has 1 aliphatic rings. The number of hydrogen-bond donors (Lipinski definition) is 1. The first-order valence-corrected chi connectivity index (χ1v) is 4.62. The molecule has 10 heavy (non-hydrogen) atoms. The Balaban J connectivity index is 2.12. The Morgan fingerprint density at radius 2 is 2.30 bits per heavy atom. The van der Waals surface area contributed by atoms with Crippen LogP contribution in [-0.4, -0.2) is 26.7 Å². The highest BCUT2D eigenvalue weighted by Gasteiger charge is 2.33. The van der Waals surface area contributed by atoms with Crippen LogP contribution in [-0.2, 0) is 15.8 Å². The third-order valence-electron chi connectivity index (χ3n) is 1.74. The van der Waals surface area contributed by atoms with Crippen molar-refractivity contribution in [3.63, 3.8) is 0 Å². The molecule has 0 aliphatic heterocycles. The van der Waals surface area contributed by atoms with Crippen molar-refractivity contribution < 1.29 is 13.5 Å². The van der Waals surface area contributed by atoms with E-state index in [1.165, 1.54) is 0 Å². The lowest BCUT2D eigenvalue weighted by Gasteiger charge is -2.31. The Labute approximate surface area is 63.0 Å².